The number of aliphatic hydroxyl groups excluding tert-OH is 3. The molecule has 5 heterocycles. The molecule has 2 aromatic carbocycles. The number of rotatable bonds is 18. The highest BCUT2D eigenvalue weighted by Gasteiger charge is 2.45. The molecular formula is C61H82N14O17S2. The summed E-state index contributed by atoms with van der Waals surface area (Å²) < 4.78 is 0. The summed E-state index contributed by atoms with van der Waals surface area (Å²) in [6.45, 7) is 6.32. The lowest BCUT2D eigenvalue weighted by Gasteiger charge is -2.33. The normalized spacial score (nSPS) is 24.6. The molecule has 3 aromatic rings. The number of thiol groups is 1. The lowest BCUT2D eigenvalue weighted by Crippen LogP contribution is -2.62. The van der Waals surface area contributed by atoms with Crippen LogP contribution in [0.3, 0.4) is 0 Å². The van der Waals surface area contributed by atoms with Gasteiger partial charge in [0.15, 0.2) is 0 Å². The molecule has 15 N–H and O–H groups in total. The van der Waals surface area contributed by atoms with Crippen molar-refractivity contribution in [2.45, 2.75) is 157 Å². The average Bonchev–Trinajstić information content (AvgIpc) is 1.64. The zero-order valence-corrected chi connectivity index (χ0v) is 54.4. The molecule has 1 aromatic heterocycles. The van der Waals surface area contributed by atoms with Gasteiger partial charge in [0.1, 0.15) is 48.3 Å². The first-order chi connectivity index (χ1) is 44.6. The smallest absolute Gasteiger partial charge is 0.246 e. The van der Waals surface area contributed by atoms with Crippen molar-refractivity contribution in [2.75, 3.05) is 43.9 Å². The summed E-state index contributed by atoms with van der Waals surface area (Å²) in [5, 5.41) is 60.8. The van der Waals surface area contributed by atoms with Crippen LogP contribution in [0, 0.1) is 17.8 Å². The van der Waals surface area contributed by atoms with Crippen LogP contribution in [0.15, 0.2) is 53.6 Å². The van der Waals surface area contributed by atoms with Gasteiger partial charge in [-0.05, 0) is 48.1 Å². The number of amides is 14. The van der Waals surface area contributed by atoms with Gasteiger partial charge in [-0.1, -0.05) is 71.4 Å². The highest BCUT2D eigenvalue weighted by atomic mass is 32.2. The van der Waals surface area contributed by atoms with E-state index in [1.807, 2.05) is 0 Å². The standard InChI is InChI=1S/C61H82N14O17S2/c1-7-29(4)50-56(88)64-23-46(81)67-40-27-94-59-36(35-10-8-9-11-37(35)70-59)19-38(53(85)63-24-47(82)72-50)68-58(90)51(30(5)42(78)26-76)73-55(87)41-18-34(77)25-75(41)60(91)39(69-54(40)86)20-45(80)62-22-32-12-14-33(15-13-32)66-52(84)31(6)65-57(89)49(28(2)3)71-44(79)16-17-74-48(83)21-43(93)61(74)92/h8-15,28-31,34,38-43,49-51,70,76-78,93H,7,16-27H2,1-6H3,(H,62,80)(H,63,85)(H,64,88)(H,65,89)(H,66,84)(H,67,81)(H,68,90)(H,69,86)(H,71,79)(H,72,82)(H,73,87)/t29-,30-,31-,34+,38+,39-,40-,41+,42-,43?,49-,50-,51-/m0/s1. The number of hydrogen-bond acceptors (Lipinski definition) is 19. The van der Waals surface area contributed by atoms with E-state index in [2.05, 4.69) is 76.1 Å². The van der Waals surface area contributed by atoms with Gasteiger partial charge in [0.25, 0.3) is 0 Å². The lowest BCUT2D eigenvalue weighted by atomic mass is 9.93. The summed E-state index contributed by atoms with van der Waals surface area (Å²) in [5.74, 6) is -13.9. The van der Waals surface area contributed by atoms with Crippen molar-refractivity contribution < 1.29 is 82.4 Å². The fourth-order valence-electron chi connectivity index (χ4n) is 11.0. The molecule has 4 aliphatic rings. The first-order valence-electron chi connectivity index (χ1n) is 30.9. The minimum absolute atomic E-state index is 0.0822. The number of fused-ring (bicyclic) bond motifs is 5. The maximum atomic E-state index is 15.0. The van der Waals surface area contributed by atoms with E-state index in [4.69, 9.17) is 0 Å². The van der Waals surface area contributed by atoms with E-state index in [1.54, 1.807) is 64.1 Å². The Hall–Kier alpha value is -8.66. The number of aliphatic hydroxyl groups is 3. The van der Waals surface area contributed by atoms with Crippen LogP contribution in [0.4, 0.5) is 5.69 Å². The van der Waals surface area contributed by atoms with Crippen LogP contribution < -0.4 is 58.5 Å². The predicted octanol–water partition coefficient (Wildman–Crippen LogP) is -3.78. The quantitative estimate of drug-likeness (QED) is 0.0429. The number of anilines is 1. The molecule has 0 radical (unpaired) electrons. The van der Waals surface area contributed by atoms with Gasteiger partial charge < -0.3 is 83.7 Å². The number of benzene rings is 2. The number of para-hydroxylation sites is 1. The van der Waals surface area contributed by atoms with E-state index in [9.17, 15) is 77.6 Å². The molecule has 13 atom stereocenters. The van der Waals surface area contributed by atoms with Gasteiger partial charge in [-0.3, -0.25) is 72.0 Å². The Bertz CT molecular complexity index is 3390. The van der Waals surface area contributed by atoms with Gasteiger partial charge in [0, 0.05) is 73.6 Å². The van der Waals surface area contributed by atoms with Crippen LogP contribution in [0.1, 0.15) is 84.8 Å². The van der Waals surface area contributed by atoms with E-state index in [-0.39, 0.29) is 43.8 Å². The number of nitrogens with one attached hydrogen (secondary N) is 12. The number of nitrogens with zero attached hydrogens (tertiary/aromatic N) is 2. The number of hydrogen-bond donors (Lipinski definition) is 16. The predicted molar refractivity (Wildman–Crippen MR) is 341 cm³/mol. The second-order valence-electron chi connectivity index (χ2n) is 24.1. The molecule has 510 valence electrons. The number of carbonyl (C=O) groups excluding carboxylic acids is 14. The first-order valence-corrected chi connectivity index (χ1v) is 32.4. The van der Waals surface area contributed by atoms with Gasteiger partial charge >= 0.3 is 0 Å². The van der Waals surface area contributed by atoms with Crippen molar-refractivity contribution >= 4 is 124 Å². The molecule has 31 nitrogen and oxygen atoms in total. The Balaban J connectivity index is 1.13. The van der Waals surface area contributed by atoms with Crippen LogP contribution in [0.2, 0.25) is 0 Å². The summed E-state index contributed by atoms with van der Waals surface area (Å²) in [5.41, 5.74) is 1.68. The van der Waals surface area contributed by atoms with Gasteiger partial charge in [-0.15, -0.1) is 11.8 Å². The third-order valence-corrected chi connectivity index (χ3v) is 18.3. The van der Waals surface area contributed by atoms with Crippen molar-refractivity contribution in [3.8, 4) is 0 Å². The minimum Gasteiger partial charge on any atom is -0.394 e. The molecular weight excluding hydrogens is 1260 g/mol. The second-order valence-corrected chi connectivity index (χ2v) is 25.8. The average molecular weight is 1350 g/mol. The highest BCUT2D eigenvalue weighted by molar-refractivity contribution is 7.99. The van der Waals surface area contributed by atoms with Crippen LogP contribution >= 0.6 is 24.4 Å². The van der Waals surface area contributed by atoms with Crippen molar-refractivity contribution in [1.82, 2.24) is 68.0 Å². The lowest BCUT2D eigenvalue weighted by molar-refractivity contribution is -0.144. The van der Waals surface area contributed by atoms with Crippen molar-refractivity contribution in [1.29, 1.82) is 0 Å². The van der Waals surface area contributed by atoms with Gasteiger partial charge in [0.2, 0.25) is 82.7 Å². The molecule has 2 saturated heterocycles. The molecule has 2 fully saturated rings. The molecule has 33 heteroatoms. The monoisotopic (exact) mass is 1350 g/mol. The molecule has 1 unspecified atom stereocenters. The molecule has 0 aliphatic carbocycles. The van der Waals surface area contributed by atoms with E-state index in [0.717, 1.165) is 21.6 Å². The topological polar surface area (TPSA) is 454 Å². The first kappa shape index (κ1) is 72.8. The Morgan fingerprint density at radius 2 is 1.41 bits per heavy atom. The molecule has 94 heavy (non-hydrogen) atoms. The van der Waals surface area contributed by atoms with Gasteiger partial charge in [-0.2, -0.15) is 12.6 Å². The number of aromatic nitrogens is 1. The Labute approximate surface area is 550 Å². The third-order valence-electron chi connectivity index (χ3n) is 16.8. The SMILES string of the molecule is CC[C@H](C)[C@@H]1NC(=O)CNC(=O)[C@H]2Cc3c([nH]c4ccccc34)SC[C@H](NC(=O)CNC1=O)C(=O)N[C@@H](CC(=O)NCc1ccc(NC(=O)[C@H](C)NC(=O)[C@@H](NC(=O)CCN3C(=O)CC(S)C3=O)C(C)C)cc1)C(=O)N1C[C@H](O)C[C@@H]1C(=O)N[C@@H]([C@@H](C)[C@@H](O)CO)C(=O)N2. The number of H-pyrrole nitrogens is 1. The largest absolute Gasteiger partial charge is 0.394 e. The van der Waals surface area contributed by atoms with Gasteiger partial charge in [-0.25, -0.2) is 0 Å². The highest BCUT2D eigenvalue weighted by Crippen LogP contribution is 2.32. The fourth-order valence-corrected chi connectivity index (χ4v) is 12.4. The van der Waals surface area contributed by atoms with Gasteiger partial charge in [0.05, 0.1) is 48.6 Å². The van der Waals surface area contributed by atoms with E-state index < -0.39 is 205 Å². The summed E-state index contributed by atoms with van der Waals surface area (Å²) in [6.07, 6.45) is -4.57. The molecule has 4 aliphatic heterocycles. The number of likely N-dealkylation sites (tertiary alicyclic amines) is 1. The van der Waals surface area contributed by atoms with Crippen LogP contribution in [-0.4, -0.2) is 217 Å². The number of carbonyl (C=O) groups is 14. The minimum atomic E-state index is -1.84. The maximum Gasteiger partial charge on any atom is 0.246 e. The van der Waals surface area contributed by atoms with Crippen molar-refractivity contribution in [2.24, 2.45) is 17.8 Å². The molecule has 7 rings (SSSR count). The number of aromatic amines is 1. The van der Waals surface area contributed by atoms with E-state index in [0.29, 0.717) is 33.5 Å². The number of thioether (sulfide) groups is 1. The van der Waals surface area contributed by atoms with Crippen LogP contribution in [0.25, 0.3) is 10.9 Å². The van der Waals surface area contributed by atoms with E-state index in [1.165, 1.54) is 26.0 Å². The van der Waals surface area contributed by atoms with Crippen LogP contribution in [-0.2, 0) is 80.1 Å². The summed E-state index contributed by atoms with van der Waals surface area (Å²) >= 11 is 5.07. The fraction of sp³-hybridized carbons (Fsp3) is 0.541. The zero-order chi connectivity index (χ0) is 68.8. The van der Waals surface area contributed by atoms with Crippen LogP contribution in [0.5, 0.6) is 0 Å². The molecule has 0 spiro atoms. The maximum absolute atomic E-state index is 15.0. The third kappa shape index (κ3) is 18.8. The number of imide groups is 1. The Kier molecular flexibility index (Phi) is 25.5. The molecule has 0 saturated carbocycles. The van der Waals surface area contributed by atoms with Crippen molar-refractivity contribution in [3.05, 3.63) is 59.7 Å². The molecule has 2 bridgehead atoms. The second kappa shape index (κ2) is 32.9. The Morgan fingerprint density at radius 1 is 0.734 bits per heavy atom. The molecule has 14 amide bonds. The summed E-state index contributed by atoms with van der Waals surface area (Å²) in [6, 6.07) is 1.17. The summed E-state index contributed by atoms with van der Waals surface area (Å²) in [7, 11) is 0. The van der Waals surface area contributed by atoms with Crippen molar-refractivity contribution in [3.63, 3.8) is 0 Å². The Morgan fingerprint density at radius 3 is 2.07 bits per heavy atom. The zero-order valence-electron chi connectivity index (χ0n) is 52.7. The van der Waals surface area contributed by atoms with E-state index >= 15 is 4.79 Å². The summed E-state index contributed by atoms with van der Waals surface area (Å²) in [4.78, 5) is 198.